The van der Waals surface area contributed by atoms with Crippen LogP contribution in [0.3, 0.4) is 0 Å². The number of nitrogens with zero attached hydrogens (tertiary/aromatic N) is 5. The first kappa shape index (κ1) is 21.9. The fourth-order valence-electron chi connectivity index (χ4n) is 4.36. The number of fused-ring (bicyclic) bond motifs is 1. The number of nitrogens with one attached hydrogen (secondary N) is 1. The van der Waals surface area contributed by atoms with Crippen LogP contribution in [-0.2, 0) is 9.59 Å². The van der Waals surface area contributed by atoms with Gasteiger partial charge in [-0.1, -0.05) is 50.3 Å². The molecule has 2 aromatic heterocycles. The monoisotopic (exact) mass is 436 g/mol. The minimum Gasteiger partial charge on any atom is -0.391 e. The third-order valence-electron chi connectivity index (χ3n) is 5.88. The fourth-order valence-corrected chi connectivity index (χ4v) is 4.36. The molecule has 3 aromatic rings. The molecule has 0 radical (unpaired) electrons. The summed E-state index contributed by atoms with van der Waals surface area (Å²) in [5, 5.41) is 23.4. The number of β-amino-alcohol motifs (C(OH)–C–C–N with tert-alkyl or cyclic N) is 1. The maximum absolute atomic E-state index is 13.7. The lowest BCUT2D eigenvalue weighted by molar-refractivity contribution is -0.144. The van der Waals surface area contributed by atoms with Crippen molar-refractivity contribution in [1.82, 2.24) is 30.2 Å². The number of amides is 2. The average molecular weight is 437 g/mol. The molecular formula is C23H28N6O3. The number of aliphatic hydroxyl groups is 1. The van der Waals surface area contributed by atoms with Crippen LogP contribution >= 0.6 is 0 Å². The minimum atomic E-state index is -0.741. The second kappa shape index (κ2) is 8.31. The van der Waals surface area contributed by atoms with E-state index < -0.39 is 23.6 Å². The van der Waals surface area contributed by atoms with Gasteiger partial charge in [0.1, 0.15) is 17.8 Å². The first-order valence-electron chi connectivity index (χ1n) is 10.7. The number of aromatic nitrogens is 4. The Kier molecular flexibility index (Phi) is 5.68. The quantitative estimate of drug-likeness (QED) is 0.645. The van der Waals surface area contributed by atoms with Crippen LogP contribution in [0.2, 0.25) is 0 Å². The van der Waals surface area contributed by atoms with E-state index >= 15 is 0 Å². The van der Waals surface area contributed by atoms with E-state index in [4.69, 9.17) is 0 Å². The van der Waals surface area contributed by atoms with Crippen LogP contribution in [-0.4, -0.2) is 67.5 Å². The van der Waals surface area contributed by atoms with E-state index in [1.807, 2.05) is 45.0 Å². The second-order valence-electron chi connectivity index (χ2n) is 9.27. The Morgan fingerprint density at radius 3 is 2.69 bits per heavy atom. The van der Waals surface area contributed by atoms with Crippen LogP contribution in [0.1, 0.15) is 33.2 Å². The largest absolute Gasteiger partial charge is 0.391 e. The van der Waals surface area contributed by atoms with Crippen molar-refractivity contribution >= 4 is 22.6 Å². The van der Waals surface area contributed by atoms with Crippen LogP contribution in [0.5, 0.6) is 0 Å². The van der Waals surface area contributed by atoms with Crippen LogP contribution in [0.4, 0.5) is 0 Å². The van der Waals surface area contributed by atoms with E-state index in [1.165, 1.54) is 11.9 Å². The molecule has 4 rings (SSSR count). The second-order valence-corrected chi connectivity index (χ2v) is 9.27. The van der Waals surface area contributed by atoms with Gasteiger partial charge >= 0.3 is 0 Å². The van der Waals surface area contributed by atoms with Crippen LogP contribution in [0.15, 0.2) is 42.9 Å². The first-order valence-corrected chi connectivity index (χ1v) is 10.7. The Morgan fingerprint density at radius 1 is 1.22 bits per heavy atom. The standard InChI is InChI=1S/C23H28N6O3/c1-23(2,3)20(22(32)28-12-15(30)9-19(28)21(31)24-4)29-13-18(26-27-29)17-11-25-10-14-7-5-6-8-16(14)17/h5-8,10-11,13,15,19-20,30H,9,12H2,1-4H3,(H,24,31)/t15-,19+,20-/m1/s1. The topological polar surface area (TPSA) is 113 Å². The number of likely N-dealkylation sites (N-methyl/N-ethyl adjacent to an activating group) is 1. The van der Waals surface area contributed by atoms with E-state index in [0.29, 0.717) is 5.69 Å². The van der Waals surface area contributed by atoms with E-state index in [1.54, 1.807) is 23.3 Å². The third kappa shape index (κ3) is 3.95. The fraction of sp³-hybridized carbons (Fsp3) is 0.435. The summed E-state index contributed by atoms with van der Waals surface area (Å²) in [6, 6.07) is 6.47. The van der Waals surface area contributed by atoms with E-state index in [-0.39, 0.29) is 24.8 Å². The molecule has 0 aliphatic carbocycles. The molecule has 168 valence electrons. The highest BCUT2D eigenvalue weighted by Gasteiger charge is 2.45. The van der Waals surface area contributed by atoms with E-state index in [9.17, 15) is 14.7 Å². The van der Waals surface area contributed by atoms with Crippen LogP contribution in [0, 0.1) is 5.41 Å². The molecule has 2 amide bonds. The summed E-state index contributed by atoms with van der Waals surface area (Å²) in [6.45, 7) is 5.94. The van der Waals surface area contributed by atoms with E-state index in [2.05, 4.69) is 20.6 Å². The Hall–Kier alpha value is -3.33. The van der Waals surface area contributed by atoms with Crippen molar-refractivity contribution in [2.45, 2.75) is 45.4 Å². The molecule has 2 N–H and O–H groups in total. The summed E-state index contributed by atoms with van der Waals surface area (Å²) in [5.74, 6) is -0.557. The molecule has 9 nitrogen and oxygen atoms in total. The molecule has 0 saturated carbocycles. The molecule has 0 bridgehead atoms. The highest BCUT2D eigenvalue weighted by Crippen LogP contribution is 2.35. The van der Waals surface area contributed by atoms with Gasteiger partial charge in [0.05, 0.1) is 12.3 Å². The van der Waals surface area contributed by atoms with Crippen LogP contribution < -0.4 is 5.32 Å². The Labute approximate surface area is 186 Å². The Morgan fingerprint density at radius 2 is 1.97 bits per heavy atom. The van der Waals surface area contributed by atoms with Gasteiger partial charge in [-0.3, -0.25) is 14.6 Å². The lowest BCUT2D eigenvalue weighted by Crippen LogP contribution is -2.49. The Bertz CT molecular complexity index is 1150. The van der Waals surface area contributed by atoms with Crippen molar-refractivity contribution < 1.29 is 14.7 Å². The highest BCUT2D eigenvalue weighted by molar-refractivity contribution is 5.94. The van der Waals surface area contributed by atoms with Crippen molar-refractivity contribution in [1.29, 1.82) is 0 Å². The predicted octanol–water partition coefficient (Wildman–Crippen LogP) is 1.79. The van der Waals surface area contributed by atoms with Gasteiger partial charge in [0.25, 0.3) is 0 Å². The zero-order chi connectivity index (χ0) is 23.0. The number of rotatable bonds is 4. The summed E-state index contributed by atoms with van der Waals surface area (Å²) in [6.07, 6.45) is 4.76. The summed E-state index contributed by atoms with van der Waals surface area (Å²) in [7, 11) is 1.53. The summed E-state index contributed by atoms with van der Waals surface area (Å²) in [5.41, 5.74) is 0.926. The maximum atomic E-state index is 13.7. The number of hydrogen-bond acceptors (Lipinski definition) is 6. The molecule has 9 heteroatoms. The molecular weight excluding hydrogens is 408 g/mol. The van der Waals surface area contributed by atoms with Crippen molar-refractivity contribution in [3.63, 3.8) is 0 Å². The van der Waals surface area contributed by atoms with E-state index in [0.717, 1.165) is 16.3 Å². The number of pyridine rings is 1. The Balaban J connectivity index is 1.72. The molecule has 3 atom stereocenters. The number of carbonyl (C=O) groups is 2. The summed E-state index contributed by atoms with van der Waals surface area (Å²) in [4.78, 5) is 31.8. The normalized spacial score (nSPS) is 19.8. The van der Waals surface area contributed by atoms with Crippen molar-refractivity contribution in [2.75, 3.05) is 13.6 Å². The molecule has 0 spiro atoms. The zero-order valence-electron chi connectivity index (χ0n) is 18.7. The van der Waals surface area contributed by atoms with Gasteiger partial charge in [0.2, 0.25) is 11.8 Å². The molecule has 1 aliphatic heterocycles. The van der Waals surface area contributed by atoms with Gasteiger partial charge in [-0.05, 0) is 10.8 Å². The molecule has 0 unspecified atom stereocenters. The highest BCUT2D eigenvalue weighted by atomic mass is 16.3. The summed E-state index contributed by atoms with van der Waals surface area (Å²) >= 11 is 0. The number of benzene rings is 1. The number of aliphatic hydroxyl groups excluding tert-OH is 1. The SMILES string of the molecule is CNC(=O)[C@@H]1C[C@@H](O)CN1C(=O)[C@@H](n1cc(-c2cncc3ccccc23)nn1)C(C)(C)C. The molecule has 32 heavy (non-hydrogen) atoms. The zero-order valence-corrected chi connectivity index (χ0v) is 18.7. The van der Waals surface area contributed by atoms with Crippen LogP contribution in [0.25, 0.3) is 22.0 Å². The molecule has 1 fully saturated rings. The van der Waals surface area contributed by atoms with Gasteiger partial charge < -0.3 is 15.3 Å². The maximum Gasteiger partial charge on any atom is 0.248 e. The van der Waals surface area contributed by atoms with Gasteiger partial charge in [0, 0.05) is 43.4 Å². The molecule has 1 saturated heterocycles. The minimum absolute atomic E-state index is 0.109. The lowest BCUT2D eigenvalue weighted by Gasteiger charge is -2.34. The van der Waals surface area contributed by atoms with Gasteiger partial charge in [-0.2, -0.15) is 0 Å². The van der Waals surface area contributed by atoms with Gasteiger partial charge in [-0.25, -0.2) is 4.68 Å². The number of carbonyl (C=O) groups excluding carboxylic acids is 2. The van der Waals surface area contributed by atoms with Gasteiger partial charge in [-0.15, -0.1) is 5.10 Å². The number of hydrogen-bond donors (Lipinski definition) is 2. The van der Waals surface area contributed by atoms with Gasteiger partial charge in [0.15, 0.2) is 0 Å². The average Bonchev–Trinajstić information content (AvgIpc) is 3.38. The molecule has 3 heterocycles. The van der Waals surface area contributed by atoms with Crippen molar-refractivity contribution in [3.8, 4) is 11.3 Å². The van der Waals surface area contributed by atoms with Crippen molar-refractivity contribution in [2.24, 2.45) is 5.41 Å². The molecule has 1 aliphatic rings. The number of likely N-dealkylation sites (tertiary alicyclic amines) is 1. The summed E-state index contributed by atoms with van der Waals surface area (Å²) < 4.78 is 1.56. The first-order chi connectivity index (χ1) is 15.2. The predicted molar refractivity (Wildman–Crippen MR) is 119 cm³/mol. The smallest absolute Gasteiger partial charge is 0.248 e. The third-order valence-corrected chi connectivity index (χ3v) is 5.88. The lowest BCUT2D eigenvalue weighted by atomic mass is 9.85. The van der Waals surface area contributed by atoms with Crippen molar-refractivity contribution in [3.05, 3.63) is 42.9 Å². The molecule has 1 aromatic carbocycles.